The van der Waals surface area contributed by atoms with Gasteiger partial charge in [-0.25, -0.2) is 0 Å². The van der Waals surface area contributed by atoms with E-state index in [9.17, 15) is 4.79 Å². The maximum absolute atomic E-state index is 11.2. The molecule has 1 heterocycles. The molecule has 5 nitrogen and oxygen atoms in total. The van der Waals surface area contributed by atoms with E-state index in [4.69, 9.17) is 10.5 Å². The second-order valence-corrected chi connectivity index (χ2v) is 5.51. The van der Waals surface area contributed by atoms with Crippen LogP contribution in [0.4, 0.5) is 11.4 Å². The molecular formula is C12H17N3O2S. The monoisotopic (exact) mass is 267 g/mol. The Kier molecular flexibility index (Phi) is 3.98. The first kappa shape index (κ1) is 13.0. The fourth-order valence-corrected chi connectivity index (χ4v) is 2.69. The molecule has 0 aliphatic carbocycles. The molecule has 2 rings (SSSR count). The van der Waals surface area contributed by atoms with Crippen LogP contribution in [0, 0.1) is 0 Å². The van der Waals surface area contributed by atoms with E-state index in [0.717, 1.165) is 17.2 Å². The van der Waals surface area contributed by atoms with E-state index >= 15 is 0 Å². The van der Waals surface area contributed by atoms with Crippen molar-refractivity contribution >= 4 is 29.0 Å². The van der Waals surface area contributed by atoms with Gasteiger partial charge in [0.2, 0.25) is 0 Å². The van der Waals surface area contributed by atoms with Gasteiger partial charge in [0, 0.05) is 28.9 Å². The van der Waals surface area contributed by atoms with Gasteiger partial charge < -0.3 is 20.7 Å². The summed E-state index contributed by atoms with van der Waals surface area (Å²) in [6.45, 7) is 1.03. The number of anilines is 2. The van der Waals surface area contributed by atoms with Crippen LogP contribution in [0.15, 0.2) is 17.0 Å². The highest BCUT2D eigenvalue weighted by atomic mass is 32.2. The van der Waals surface area contributed by atoms with Crippen LogP contribution in [-0.2, 0) is 4.79 Å². The zero-order valence-corrected chi connectivity index (χ0v) is 11.3. The number of carbonyl (C=O) groups excluding carboxylic acids is 1. The largest absolute Gasteiger partial charge is 0.482 e. The molecule has 0 spiro atoms. The minimum absolute atomic E-state index is 0.0551. The van der Waals surface area contributed by atoms with E-state index in [1.54, 1.807) is 17.8 Å². The zero-order chi connectivity index (χ0) is 13.1. The smallest absolute Gasteiger partial charge is 0.262 e. The Labute approximate surface area is 111 Å². The summed E-state index contributed by atoms with van der Waals surface area (Å²) in [5.74, 6) is 1.46. The van der Waals surface area contributed by atoms with Crippen molar-refractivity contribution in [3.8, 4) is 5.75 Å². The minimum atomic E-state index is -0.128. The highest BCUT2D eigenvalue weighted by Gasteiger charge is 2.17. The molecule has 1 aliphatic rings. The Balaban J connectivity index is 2.11. The number of nitrogens with one attached hydrogen (secondary N) is 1. The first-order chi connectivity index (χ1) is 8.56. The Bertz CT molecular complexity index is 463. The van der Waals surface area contributed by atoms with Crippen LogP contribution >= 0.6 is 11.8 Å². The van der Waals surface area contributed by atoms with E-state index in [0.29, 0.717) is 17.1 Å². The van der Waals surface area contributed by atoms with Crippen LogP contribution in [0.1, 0.15) is 0 Å². The number of carbonyl (C=O) groups is 1. The van der Waals surface area contributed by atoms with Crippen molar-refractivity contribution in [3.05, 3.63) is 12.1 Å². The van der Waals surface area contributed by atoms with Gasteiger partial charge in [-0.05, 0) is 20.2 Å². The van der Waals surface area contributed by atoms with Crippen molar-refractivity contribution in [2.45, 2.75) is 4.90 Å². The van der Waals surface area contributed by atoms with Gasteiger partial charge >= 0.3 is 0 Å². The van der Waals surface area contributed by atoms with Crippen LogP contribution in [0.3, 0.4) is 0 Å². The molecule has 1 aromatic carbocycles. The lowest BCUT2D eigenvalue weighted by Crippen LogP contribution is -2.25. The van der Waals surface area contributed by atoms with Crippen LogP contribution in [0.2, 0.25) is 0 Å². The van der Waals surface area contributed by atoms with Crippen LogP contribution in [0.25, 0.3) is 0 Å². The summed E-state index contributed by atoms with van der Waals surface area (Å²) < 4.78 is 5.30. The molecular weight excluding hydrogens is 250 g/mol. The lowest BCUT2D eigenvalue weighted by atomic mass is 10.2. The molecule has 0 unspecified atom stereocenters. The van der Waals surface area contributed by atoms with E-state index in [-0.39, 0.29) is 12.5 Å². The van der Waals surface area contributed by atoms with Crippen molar-refractivity contribution in [3.63, 3.8) is 0 Å². The summed E-state index contributed by atoms with van der Waals surface area (Å²) in [5.41, 5.74) is 7.36. The molecule has 1 aromatic rings. The van der Waals surface area contributed by atoms with Crippen LogP contribution in [0.5, 0.6) is 5.75 Å². The van der Waals surface area contributed by atoms with Gasteiger partial charge in [0.15, 0.2) is 6.61 Å². The van der Waals surface area contributed by atoms with Crippen molar-refractivity contribution in [1.29, 1.82) is 0 Å². The summed E-state index contributed by atoms with van der Waals surface area (Å²) in [6.07, 6.45) is 0. The number of amides is 1. The summed E-state index contributed by atoms with van der Waals surface area (Å²) in [5, 5.41) is 2.78. The van der Waals surface area contributed by atoms with E-state index in [1.165, 1.54) is 0 Å². The molecule has 0 aromatic heterocycles. The maximum Gasteiger partial charge on any atom is 0.262 e. The normalized spacial score (nSPS) is 14.1. The Morgan fingerprint density at radius 2 is 2.28 bits per heavy atom. The molecule has 6 heteroatoms. The summed E-state index contributed by atoms with van der Waals surface area (Å²) in [4.78, 5) is 14.3. The number of hydrogen-bond acceptors (Lipinski definition) is 5. The summed E-state index contributed by atoms with van der Waals surface area (Å²) >= 11 is 1.68. The maximum atomic E-state index is 11.2. The third kappa shape index (κ3) is 3.08. The van der Waals surface area contributed by atoms with Crippen LogP contribution < -0.4 is 15.8 Å². The van der Waals surface area contributed by atoms with Gasteiger partial charge in [0.25, 0.3) is 5.91 Å². The molecule has 0 bridgehead atoms. The SMILES string of the molecule is CN(C)CCSc1cc2c(cc1N)OCC(=O)N2. The first-order valence-corrected chi connectivity index (χ1v) is 6.68. The Hall–Kier alpha value is -1.40. The average molecular weight is 267 g/mol. The second kappa shape index (κ2) is 5.49. The lowest BCUT2D eigenvalue weighted by molar-refractivity contribution is -0.118. The summed E-state index contributed by atoms with van der Waals surface area (Å²) in [7, 11) is 4.07. The predicted molar refractivity (Wildman–Crippen MR) is 74.3 cm³/mol. The lowest BCUT2D eigenvalue weighted by Gasteiger charge is -2.20. The third-order valence-corrected chi connectivity index (χ3v) is 3.59. The highest BCUT2D eigenvalue weighted by Crippen LogP contribution is 2.36. The van der Waals surface area contributed by atoms with Gasteiger partial charge in [0.05, 0.1) is 5.69 Å². The molecule has 0 radical (unpaired) electrons. The first-order valence-electron chi connectivity index (χ1n) is 5.70. The topological polar surface area (TPSA) is 67.6 Å². The molecule has 18 heavy (non-hydrogen) atoms. The fraction of sp³-hybridized carbons (Fsp3) is 0.417. The number of rotatable bonds is 4. The van der Waals surface area contributed by atoms with Crippen molar-refractivity contribution in [2.24, 2.45) is 0 Å². The van der Waals surface area contributed by atoms with Gasteiger partial charge in [-0.15, -0.1) is 11.8 Å². The Morgan fingerprint density at radius 1 is 1.50 bits per heavy atom. The number of fused-ring (bicyclic) bond motifs is 1. The number of thioether (sulfide) groups is 1. The van der Waals surface area contributed by atoms with Crippen molar-refractivity contribution in [1.82, 2.24) is 4.90 Å². The Morgan fingerprint density at radius 3 is 3.00 bits per heavy atom. The average Bonchev–Trinajstić information content (AvgIpc) is 2.30. The quantitative estimate of drug-likeness (QED) is 0.635. The number of benzene rings is 1. The third-order valence-electron chi connectivity index (χ3n) is 2.54. The predicted octanol–water partition coefficient (Wildman–Crippen LogP) is 1.25. The molecule has 3 N–H and O–H groups in total. The van der Waals surface area contributed by atoms with Crippen molar-refractivity contribution < 1.29 is 9.53 Å². The minimum Gasteiger partial charge on any atom is -0.482 e. The number of ether oxygens (including phenoxy) is 1. The van der Waals surface area contributed by atoms with Gasteiger partial charge in [0.1, 0.15) is 5.75 Å². The molecule has 0 atom stereocenters. The molecule has 1 amide bonds. The van der Waals surface area contributed by atoms with Gasteiger partial charge in [-0.3, -0.25) is 4.79 Å². The van der Waals surface area contributed by atoms with Gasteiger partial charge in [-0.2, -0.15) is 0 Å². The van der Waals surface area contributed by atoms with Crippen molar-refractivity contribution in [2.75, 3.05) is 44.1 Å². The molecule has 0 fully saturated rings. The fourth-order valence-electron chi connectivity index (χ4n) is 1.59. The van der Waals surface area contributed by atoms with Crippen LogP contribution in [-0.4, -0.2) is 43.8 Å². The van der Waals surface area contributed by atoms with Gasteiger partial charge in [-0.1, -0.05) is 0 Å². The molecule has 0 saturated heterocycles. The number of nitrogens with zero attached hydrogens (tertiary/aromatic N) is 1. The molecule has 98 valence electrons. The number of hydrogen-bond donors (Lipinski definition) is 2. The number of nitrogen functional groups attached to an aromatic ring is 1. The second-order valence-electron chi connectivity index (χ2n) is 4.37. The highest BCUT2D eigenvalue weighted by molar-refractivity contribution is 7.99. The zero-order valence-electron chi connectivity index (χ0n) is 10.5. The summed E-state index contributed by atoms with van der Waals surface area (Å²) in [6, 6.07) is 3.65. The van der Waals surface area contributed by atoms with E-state index < -0.39 is 0 Å². The standard InChI is InChI=1S/C12H17N3O2S/c1-15(2)3-4-18-11-6-9-10(5-8(11)13)17-7-12(16)14-9/h5-6H,3-4,7,13H2,1-2H3,(H,14,16). The number of nitrogens with two attached hydrogens (primary N) is 1. The molecule has 1 aliphatic heterocycles. The van der Waals surface area contributed by atoms with E-state index in [2.05, 4.69) is 10.2 Å². The van der Waals surface area contributed by atoms with E-state index in [1.807, 2.05) is 20.2 Å². The molecule has 0 saturated carbocycles.